The van der Waals surface area contributed by atoms with Gasteiger partial charge in [-0.1, -0.05) is 23.7 Å². The molecule has 0 aromatic heterocycles. The molecule has 1 aliphatic heterocycles. The second-order valence-corrected chi connectivity index (χ2v) is 6.34. The molecule has 1 aliphatic rings. The highest BCUT2D eigenvalue weighted by Crippen LogP contribution is 2.31. The quantitative estimate of drug-likeness (QED) is 0.777. The Morgan fingerprint density at radius 1 is 1.30 bits per heavy atom. The number of nitrogens with one attached hydrogen (secondary N) is 1. The van der Waals surface area contributed by atoms with Gasteiger partial charge in [0.25, 0.3) is 0 Å². The minimum atomic E-state index is -0.838. The number of benzene rings is 1. The van der Waals surface area contributed by atoms with E-state index in [1.54, 1.807) is 19.1 Å². The summed E-state index contributed by atoms with van der Waals surface area (Å²) >= 11 is 5.86. The van der Waals surface area contributed by atoms with Crippen molar-refractivity contribution in [2.24, 2.45) is 11.7 Å². The van der Waals surface area contributed by atoms with E-state index < -0.39 is 24.1 Å². The van der Waals surface area contributed by atoms with Crippen LogP contribution >= 0.6 is 11.6 Å². The van der Waals surface area contributed by atoms with Gasteiger partial charge < -0.3 is 10.8 Å². The molecule has 0 saturated carbocycles. The highest BCUT2D eigenvalue weighted by atomic mass is 35.5. The maximum Gasteiger partial charge on any atom is 0.318 e. The zero-order valence-corrected chi connectivity index (χ0v) is 13.8. The first-order valence-corrected chi connectivity index (χ1v) is 8.04. The topological polar surface area (TPSA) is 95.7 Å². The minimum Gasteiger partial charge on any atom is -0.388 e. The molecular formula is C16H22ClN3O3. The molecular weight excluding hydrogens is 318 g/mol. The minimum absolute atomic E-state index is 0.138. The summed E-state index contributed by atoms with van der Waals surface area (Å²) in [7, 11) is 0. The number of rotatable bonds is 4. The summed E-state index contributed by atoms with van der Waals surface area (Å²) in [5.74, 6) is -0.256. The Kier molecular flexibility index (Phi) is 5.98. The van der Waals surface area contributed by atoms with E-state index in [0.717, 1.165) is 18.4 Å². The highest BCUT2D eigenvalue weighted by Gasteiger charge is 2.30. The first-order valence-electron chi connectivity index (χ1n) is 7.66. The van der Waals surface area contributed by atoms with Crippen LogP contribution in [0.15, 0.2) is 24.3 Å². The van der Waals surface area contributed by atoms with Gasteiger partial charge in [-0.3, -0.25) is 15.0 Å². The van der Waals surface area contributed by atoms with Gasteiger partial charge >= 0.3 is 6.03 Å². The van der Waals surface area contributed by atoms with E-state index in [0.29, 0.717) is 18.1 Å². The number of aliphatic hydroxyl groups excluding tert-OH is 1. The molecule has 1 aromatic carbocycles. The van der Waals surface area contributed by atoms with Crippen LogP contribution in [-0.4, -0.2) is 41.1 Å². The van der Waals surface area contributed by atoms with Crippen LogP contribution in [0.4, 0.5) is 4.79 Å². The summed E-state index contributed by atoms with van der Waals surface area (Å²) in [6.45, 7) is 3.11. The van der Waals surface area contributed by atoms with E-state index >= 15 is 0 Å². The summed E-state index contributed by atoms with van der Waals surface area (Å²) < 4.78 is 0. The van der Waals surface area contributed by atoms with Crippen LogP contribution in [0.3, 0.4) is 0 Å². The van der Waals surface area contributed by atoms with Gasteiger partial charge in [-0.05, 0) is 56.5 Å². The average Bonchev–Trinajstić information content (AvgIpc) is 2.53. The zero-order chi connectivity index (χ0) is 17.0. The number of likely N-dealkylation sites (tertiary alicyclic amines) is 1. The monoisotopic (exact) mass is 339 g/mol. The SMILES string of the molecule is C[C@@H](C(=O)NC(N)=O)N1CCC([C@@H](O)c2ccc(Cl)cc2)CC1. The first-order chi connectivity index (χ1) is 10.9. The summed E-state index contributed by atoms with van der Waals surface area (Å²) in [5.41, 5.74) is 5.82. The van der Waals surface area contributed by atoms with Crippen LogP contribution < -0.4 is 11.1 Å². The molecule has 0 unspecified atom stereocenters. The van der Waals surface area contributed by atoms with E-state index in [-0.39, 0.29) is 5.92 Å². The van der Waals surface area contributed by atoms with Crippen molar-refractivity contribution in [1.82, 2.24) is 10.2 Å². The van der Waals surface area contributed by atoms with Gasteiger partial charge in [0.1, 0.15) is 0 Å². The van der Waals surface area contributed by atoms with Gasteiger partial charge in [-0.2, -0.15) is 0 Å². The predicted molar refractivity (Wildman–Crippen MR) is 87.9 cm³/mol. The van der Waals surface area contributed by atoms with Crippen LogP contribution in [-0.2, 0) is 4.79 Å². The molecule has 0 radical (unpaired) electrons. The third kappa shape index (κ3) is 4.67. The van der Waals surface area contributed by atoms with Gasteiger partial charge in [0, 0.05) is 5.02 Å². The standard InChI is InChI=1S/C16H22ClN3O3/c1-10(15(22)19-16(18)23)20-8-6-12(7-9-20)14(21)11-2-4-13(17)5-3-11/h2-5,10,12,14,21H,6-9H2,1H3,(H3,18,19,22,23)/t10-,14-/m0/s1. The fraction of sp³-hybridized carbons (Fsp3) is 0.500. The number of imide groups is 1. The Morgan fingerprint density at radius 3 is 2.39 bits per heavy atom. The number of nitrogens with two attached hydrogens (primary N) is 1. The molecule has 1 heterocycles. The summed E-state index contributed by atoms with van der Waals surface area (Å²) in [5, 5.41) is 13.2. The summed E-state index contributed by atoms with van der Waals surface area (Å²) in [4.78, 5) is 24.5. The number of amides is 3. The maximum atomic E-state index is 11.8. The second-order valence-electron chi connectivity index (χ2n) is 5.90. The molecule has 0 aliphatic carbocycles. The molecule has 6 nitrogen and oxygen atoms in total. The van der Waals surface area contributed by atoms with E-state index in [9.17, 15) is 14.7 Å². The second kappa shape index (κ2) is 7.77. The zero-order valence-electron chi connectivity index (χ0n) is 13.0. The predicted octanol–water partition coefficient (Wildman–Crippen LogP) is 1.67. The molecule has 4 N–H and O–H groups in total. The number of aliphatic hydroxyl groups is 1. The van der Waals surface area contributed by atoms with Gasteiger partial charge in [0.05, 0.1) is 12.1 Å². The van der Waals surface area contributed by atoms with E-state index in [1.807, 2.05) is 17.0 Å². The lowest BCUT2D eigenvalue weighted by Crippen LogP contribution is -2.50. The number of hydrogen-bond acceptors (Lipinski definition) is 4. The first kappa shape index (κ1) is 17.7. The number of urea groups is 1. The van der Waals surface area contributed by atoms with Crippen molar-refractivity contribution < 1.29 is 14.7 Å². The third-order valence-electron chi connectivity index (χ3n) is 4.41. The van der Waals surface area contributed by atoms with Crippen molar-refractivity contribution in [2.45, 2.75) is 31.9 Å². The van der Waals surface area contributed by atoms with Crippen molar-refractivity contribution in [3.63, 3.8) is 0 Å². The van der Waals surface area contributed by atoms with Crippen LogP contribution in [0.2, 0.25) is 5.02 Å². The van der Waals surface area contributed by atoms with Gasteiger partial charge in [0.2, 0.25) is 5.91 Å². The molecule has 1 saturated heterocycles. The van der Waals surface area contributed by atoms with E-state index in [1.165, 1.54) is 0 Å². The lowest BCUT2D eigenvalue weighted by Gasteiger charge is -2.36. The molecule has 2 atom stereocenters. The average molecular weight is 340 g/mol. The number of primary amides is 1. The summed E-state index contributed by atoms with van der Waals surface area (Å²) in [6, 6.07) is 5.95. The largest absolute Gasteiger partial charge is 0.388 e. The van der Waals surface area contributed by atoms with Crippen molar-refractivity contribution in [2.75, 3.05) is 13.1 Å². The molecule has 2 rings (SSSR count). The highest BCUT2D eigenvalue weighted by molar-refractivity contribution is 6.30. The maximum absolute atomic E-state index is 11.8. The molecule has 7 heteroatoms. The molecule has 1 aromatic rings. The Morgan fingerprint density at radius 2 is 1.87 bits per heavy atom. The fourth-order valence-corrected chi connectivity index (χ4v) is 3.07. The molecule has 23 heavy (non-hydrogen) atoms. The smallest absolute Gasteiger partial charge is 0.318 e. The van der Waals surface area contributed by atoms with Crippen LogP contribution in [0.5, 0.6) is 0 Å². The lowest BCUT2D eigenvalue weighted by molar-refractivity contribution is -0.125. The Bertz CT molecular complexity index is 556. The van der Waals surface area contributed by atoms with E-state index in [2.05, 4.69) is 5.32 Å². The molecule has 0 spiro atoms. The van der Waals surface area contributed by atoms with Gasteiger partial charge in [0.15, 0.2) is 0 Å². The normalized spacial score (nSPS) is 19.1. The third-order valence-corrected chi connectivity index (χ3v) is 4.66. The number of hydrogen-bond donors (Lipinski definition) is 3. The molecule has 1 fully saturated rings. The van der Waals surface area contributed by atoms with Crippen molar-refractivity contribution in [1.29, 1.82) is 0 Å². The molecule has 126 valence electrons. The number of carbonyl (C=O) groups is 2. The number of halogens is 1. The Labute approximate surface area is 140 Å². The van der Waals surface area contributed by atoms with Crippen LogP contribution in [0, 0.1) is 5.92 Å². The number of piperidine rings is 1. The van der Waals surface area contributed by atoms with Crippen molar-refractivity contribution in [3.05, 3.63) is 34.9 Å². The lowest BCUT2D eigenvalue weighted by atomic mass is 9.87. The molecule has 3 amide bonds. The van der Waals surface area contributed by atoms with Gasteiger partial charge in [-0.25, -0.2) is 4.79 Å². The fourth-order valence-electron chi connectivity index (χ4n) is 2.95. The van der Waals surface area contributed by atoms with Crippen LogP contribution in [0.1, 0.15) is 31.4 Å². The van der Waals surface area contributed by atoms with Crippen molar-refractivity contribution >= 4 is 23.5 Å². The van der Waals surface area contributed by atoms with Crippen LogP contribution in [0.25, 0.3) is 0 Å². The van der Waals surface area contributed by atoms with E-state index in [4.69, 9.17) is 17.3 Å². The van der Waals surface area contributed by atoms with Gasteiger partial charge in [-0.15, -0.1) is 0 Å². The number of nitrogens with zero attached hydrogens (tertiary/aromatic N) is 1. The summed E-state index contributed by atoms with van der Waals surface area (Å²) in [6.07, 6.45) is 1.01. The number of carbonyl (C=O) groups excluding carboxylic acids is 2. The van der Waals surface area contributed by atoms with Crippen molar-refractivity contribution in [3.8, 4) is 0 Å². The Hall–Kier alpha value is -1.63. The molecule has 0 bridgehead atoms. The Balaban J connectivity index is 1.89.